The molecule has 0 aliphatic rings. The zero-order valence-electron chi connectivity index (χ0n) is 16.5. The molecule has 2 amide bonds. The Bertz CT molecular complexity index is 1310. The molecule has 9 heteroatoms. The molecular formula is C23H16Cl2N4O2S. The summed E-state index contributed by atoms with van der Waals surface area (Å²) in [4.78, 5) is 25.9. The molecule has 0 saturated heterocycles. The summed E-state index contributed by atoms with van der Waals surface area (Å²) in [5, 5.41) is 9.96. The Morgan fingerprint density at radius 3 is 2.12 bits per heavy atom. The lowest BCUT2D eigenvalue weighted by Crippen LogP contribution is -2.31. The molecule has 4 rings (SSSR count). The highest BCUT2D eigenvalue weighted by Crippen LogP contribution is 2.23. The van der Waals surface area contributed by atoms with Crippen molar-refractivity contribution in [3.8, 4) is 11.3 Å². The van der Waals surface area contributed by atoms with Crippen molar-refractivity contribution in [3.63, 3.8) is 0 Å². The zero-order valence-corrected chi connectivity index (χ0v) is 18.8. The number of hydrogen-bond donors (Lipinski definition) is 2. The van der Waals surface area contributed by atoms with Gasteiger partial charge in [0.05, 0.1) is 5.69 Å². The van der Waals surface area contributed by atoms with Gasteiger partial charge in [0.1, 0.15) is 0 Å². The smallest absolute Gasteiger partial charge is 0.307 e. The molecule has 1 heterocycles. The van der Waals surface area contributed by atoms with Gasteiger partial charge in [0, 0.05) is 26.7 Å². The molecule has 0 aliphatic carbocycles. The minimum absolute atomic E-state index is 0.297. The second kappa shape index (κ2) is 9.82. The van der Waals surface area contributed by atoms with Crippen LogP contribution in [-0.4, -0.2) is 16.5 Å². The van der Waals surface area contributed by atoms with E-state index in [-0.39, 0.29) is 5.91 Å². The maximum Gasteiger partial charge on any atom is 0.332 e. The first-order chi connectivity index (χ1) is 15.5. The molecule has 1 aromatic heterocycles. The number of carbonyl (C=O) groups excluding carboxylic acids is 2. The fourth-order valence-electron chi connectivity index (χ4n) is 2.87. The van der Waals surface area contributed by atoms with Gasteiger partial charge in [-0.3, -0.25) is 4.79 Å². The molecule has 0 spiro atoms. The molecule has 0 bridgehead atoms. The van der Waals surface area contributed by atoms with E-state index in [1.165, 1.54) is 15.9 Å². The summed E-state index contributed by atoms with van der Waals surface area (Å²) in [6.07, 6.45) is 0. The fraction of sp³-hybridized carbons (Fsp3) is 0. The van der Waals surface area contributed by atoms with E-state index >= 15 is 0 Å². The highest BCUT2D eigenvalue weighted by Gasteiger charge is 2.16. The molecule has 6 nitrogen and oxygen atoms in total. The number of benzene rings is 3. The summed E-state index contributed by atoms with van der Waals surface area (Å²) in [5.41, 5.74) is 4.92. The van der Waals surface area contributed by atoms with Crippen molar-refractivity contribution in [1.29, 1.82) is 0 Å². The highest BCUT2D eigenvalue weighted by molar-refractivity contribution is 7.07. The van der Waals surface area contributed by atoms with Crippen LogP contribution >= 0.6 is 34.5 Å². The molecule has 0 fully saturated rings. The van der Waals surface area contributed by atoms with Gasteiger partial charge in [-0.05, 0) is 54.1 Å². The number of halogens is 2. The minimum atomic E-state index is -0.439. The summed E-state index contributed by atoms with van der Waals surface area (Å²) >= 11 is 13.2. The first-order valence-electron chi connectivity index (χ1n) is 9.44. The Hall–Kier alpha value is -3.39. The average Bonchev–Trinajstić information content (AvgIpc) is 3.24. The number of carbonyl (C=O) groups is 2. The fourth-order valence-corrected chi connectivity index (χ4v) is 3.97. The number of anilines is 1. The molecular weight excluding hydrogens is 467 g/mol. The van der Waals surface area contributed by atoms with E-state index in [1.807, 2.05) is 18.2 Å². The average molecular weight is 483 g/mol. The quantitative estimate of drug-likeness (QED) is 0.358. The Morgan fingerprint density at radius 1 is 0.844 bits per heavy atom. The van der Waals surface area contributed by atoms with Crippen LogP contribution in [0.15, 0.2) is 89.3 Å². The van der Waals surface area contributed by atoms with Gasteiger partial charge < -0.3 is 5.32 Å². The lowest BCUT2D eigenvalue weighted by atomic mass is 10.2. The van der Waals surface area contributed by atoms with Gasteiger partial charge in [-0.25, -0.2) is 14.8 Å². The van der Waals surface area contributed by atoms with E-state index in [0.717, 1.165) is 5.56 Å². The van der Waals surface area contributed by atoms with Crippen LogP contribution in [0.5, 0.6) is 0 Å². The van der Waals surface area contributed by atoms with E-state index < -0.39 is 6.03 Å². The number of hydrogen-bond acceptors (Lipinski definition) is 4. The van der Waals surface area contributed by atoms with Crippen molar-refractivity contribution in [2.45, 2.75) is 0 Å². The molecule has 4 aromatic rings. The van der Waals surface area contributed by atoms with Crippen LogP contribution in [-0.2, 0) is 0 Å². The zero-order chi connectivity index (χ0) is 22.5. The molecule has 0 atom stereocenters. The van der Waals surface area contributed by atoms with Gasteiger partial charge in [0.25, 0.3) is 5.91 Å². The SMILES string of the molecule is O=C(N/N=c1\scc(-c2ccc(Cl)cc2)n1C(=O)Nc1ccc(Cl)cc1)c1ccccc1. The van der Waals surface area contributed by atoms with Gasteiger partial charge in [-0.2, -0.15) is 0 Å². The highest BCUT2D eigenvalue weighted by atomic mass is 35.5. The van der Waals surface area contributed by atoms with Crippen LogP contribution < -0.4 is 15.5 Å². The predicted octanol–water partition coefficient (Wildman–Crippen LogP) is 5.85. The number of nitrogens with one attached hydrogen (secondary N) is 2. The Labute approximate surface area is 197 Å². The molecule has 0 unspecified atom stereocenters. The van der Waals surface area contributed by atoms with E-state index in [1.54, 1.807) is 66.0 Å². The van der Waals surface area contributed by atoms with Crippen LogP contribution in [0.25, 0.3) is 11.3 Å². The van der Waals surface area contributed by atoms with Crippen LogP contribution in [0, 0.1) is 0 Å². The monoisotopic (exact) mass is 482 g/mol. The van der Waals surface area contributed by atoms with E-state index in [0.29, 0.717) is 31.8 Å². The summed E-state index contributed by atoms with van der Waals surface area (Å²) in [6, 6.07) is 22.1. The van der Waals surface area contributed by atoms with Gasteiger partial charge in [-0.15, -0.1) is 16.4 Å². The summed E-state index contributed by atoms with van der Waals surface area (Å²) in [6.45, 7) is 0. The second-order valence-electron chi connectivity index (χ2n) is 6.60. The molecule has 2 N–H and O–H groups in total. The Morgan fingerprint density at radius 2 is 1.47 bits per heavy atom. The van der Waals surface area contributed by atoms with Gasteiger partial charge in [0.2, 0.25) is 4.80 Å². The molecule has 3 aromatic carbocycles. The van der Waals surface area contributed by atoms with Crippen molar-refractivity contribution >= 4 is 52.2 Å². The van der Waals surface area contributed by atoms with Crippen molar-refractivity contribution < 1.29 is 9.59 Å². The molecule has 0 radical (unpaired) electrons. The normalized spacial score (nSPS) is 11.2. The van der Waals surface area contributed by atoms with E-state index in [9.17, 15) is 9.59 Å². The minimum Gasteiger partial charge on any atom is -0.307 e. The van der Waals surface area contributed by atoms with Gasteiger partial charge in [0.15, 0.2) is 0 Å². The lowest BCUT2D eigenvalue weighted by molar-refractivity contribution is 0.0953. The van der Waals surface area contributed by atoms with Gasteiger partial charge >= 0.3 is 6.03 Å². The summed E-state index contributed by atoms with van der Waals surface area (Å²) in [7, 11) is 0. The standard InChI is InChI=1S/C23H16Cl2N4O2S/c24-17-8-6-15(7-9-17)20-14-32-23(28-27-21(30)16-4-2-1-3-5-16)29(20)22(31)26-19-12-10-18(25)11-13-19/h1-14H,(H,26,31)(H,27,30)/b28-23-. The first kappa shape index (κ1) is 21.8. The topological polar surface area (TPSA) is 75.5 Å². The third-order valence-electron chi connectivity index (χ3n) is 4.44. The van der Waals surface area contributed by atoms with Gasteiger partial charge in [-0.1, -0.05) is 53.5 Å². The van der Waals surface area contributed by atoms with Crippen LogP contribution in [0.2, 0.25) is 10.0 Å². The maximum absolute atomic E-state index is 13.2. The number of thiazole rings is 1. The number of aromatic nitrogens is 1. The summed E-state index contributed by atoms with van der Waals surface area (Å²) < 4.78 is 1.40. The van der Waals surface area contributed by atoms with E-state index in [2.05, 4.69) is 15.8 Å². The first-order valence-corrected chi connectivity index (χ1v) is 11.1. The van der Waals surface area contributed by atoms with Crippen LogP contribution in [0.4, 0.5) is 10.5 Å². The second-order valence-corrected chi connectivity index (χ2v) is 8.31. The van der Waals surface area contributed by atoms with Crippen molar-refractivity contribution in [1.82, 2.24) is 9.99 Å². The third kappa shape index (κ3) is 5.08. The summed E-state index contributed by atoms with van der Waals surface area (Å²) in [5.74, 6) is -0.378. The van der Waals surface area contributed by atoms with Crippen molar-refractivity contribution in [3.05, 3.63) is 105 Å². The molecule has 0 aliphatic heterocycles. The predicted molar refractivity (Wildman–Crippen MR) is 128 cm³/mol. The van der Waals surface area contributed by atoms with Crippen LogP contribution in [0.1, 0.15) is 10.4 Å². The molecule has 160 valence electrons. The van der Waals surface area contributed by atoms with Crippen molar-refractivity contribution in [2.75, 3.05) is 5.32 Å². The molecule has 32 heavy (non-hydrogen) atoms. The molecule has 0 saturated carbocycles. The number of nitrogens with zero attached hydrogens (tertiary/aromatic N) is 2. The largest absolute Gasteiger partial charge is 0.332 e. The number of rotatable bonds is 4. The lowest BCUT2D eigenvalue weighted by Gasteiger charge is -2.10. The maximum atomic E-state index is 13.2. The Kier molecular flexibility index (Phi) is 6.70. The Balaban J connectivity index is 1.71. The van der Waals surface area contributed by atoms with E-state index in [4.69, 9.17) is 23.2 Å². The van der Waals surface area contributed by atoms with Crippen LogP contribution in [0.3, 0.4) is 0 Å². The third-order valence-corrected chi connectivity index (χ3v) is 5.77. The van der Waals surface area contributed by atoms with Crippen molar-refractivity contribution in [2.24, 2.45) is 5.10 Å². The number of amides is 2.